The Labute approximate surface area is 306 Å². The van der Waals surface area contributed by atoms with Crippen LogP contribution < -0.4 is 4.90 Å². The maximum atomic E-state index is 14.4. The molecule has 0 atom stereocenters. The molecule has 1 saturated heterocycles. The van der Waals surface area contributed by atoms with E-state index in [1.807, 2.05) is 49.2 Å². The van der Waals surface area contributed by atoms with Crippen LogP contribution in [-0.4, -0.2) is 117 Å². The number of ether oxygens (including phenoxy) is 6. The minimum atomic E-state index is -0.561. The number of fused-ring (bicyclic) bond motifs is 3. The van der Waals surface area contributed by atoms with E-state index in [1.54, 1.807) is 6.20 Å². The second-order valence-electron chi connectivity index (χ2n) is 13.1. The summed E-state index contributed by atoms with van der Waals surface area (Å²) in [6.45, 7) is 12.3. The van der Waals surface area contributed by atoms with E-state index in [-0.39, 0.29) is 12.0 Å². The average Bonchev–Trinajstić information content (AvgIpc) is 3.58. The molecule has 0 unspecified atom stereocenters. The number of amides is 1. The SMILES string of the molecule is C#CCOCCOCCOCCOCCOCCCCn1c(CN2C(=O)C3(CCN(COC(C)C)CC3)c3ccncc32)nc2cc(Cl)ccc21. The Morgan fingerprint density at radius 2 is 1.59 bits per heavy atom. The predicted octanol–water partition coefficient (Wildman–Crippen LogP) is 4.84. The van der Waals surface area contributed by atoms with Crippen molar-refractivity contribution in [3.63, 3.8) is 0 Å². The Hall–Kier alpha value is -3.12. The van der Waals surface area contributed by atoms with Gasteiger partial charge in [-0.3, -0.25) is 14.7 Å². The van der Waals surface area contributed by atoms with Crippen molar-refractivity contribution in [1.29, 1.82) is 0 Å². The first-order valence-corrected chi connectivity index (χ1v) is 18.4. The molecule has 0 radical (unpaired) electrons. The predicted molar refractivity (Wildman–Crippen MR) is 196 cm³/mol. The number of halogens is 1. The molecule has 2 aliphatic heterocycles. The largest absolute Gasteiger partial charge is 0.379 e. The molecule has 0 N–H and O–H groups in total. The van der Waals surface area contributed by atoms with Gasteiger partial charge in [0.05, 0.1) is 101 Å². The van der Waals surface area contributed by atoms with Crippen LogP contribution in [0.5, 0.6) is 0 Å². The maximum Gasteiger partial charge on any atom is 0.238 e. The summed E-state index contributed by atoms with van der Waals surface area (Å²) < 4.78 is 35.5. The molecular weight excluding hydrogens is 674 g/mol. The standard InChI is InChI=1S/C38H52ClN5O7/c1-4-16-46-18-20-48-22-24-50-25-23-49-21-19-47-17-6-5-13-43-34-8-7-31(39)26-33(34)41-36(43)28-44-35-27-40-12-9-32(35)38(37(44)45)10-14-42(15-11-38)29-51-30(2)3/h1,7-9,12,26-27,30H,5-6,10-11,13-25,28-29H2,2-3H3. The quantitative estimate of drug-likeness (QED) is 0.0995. The number of anilines is 1. The van der Waals surface area contributed by atoms with Crippen molar-refractivity contribution < 1.29 is 33.2 Å². The van der Waals surface area contributed by atoms with E-state index in [1.165, 1.54) is 0 Å². The Bertz CT molecular complexity index is 1570. The van der Waals surface area contributed by atoms with E-state index in [4.69, 9.17) is 51.4 Å². The van der Waals surface area contributed by atoms with Gasteiger partial charge in [-0.05, 0) is 69.4 Å². The van der Waals surface area contributed by atoms with Crippen molar-refractivity contribution >= 4 is 34.2 Å². The van der Waals surface area contributed by atoms with Crippen LogP contribution in [0.15, 0.2) is 36.7 Å². The molecule has 0 aliphatic carbocycles. The summed E-state index contributed by atoms with van der Waals surface area (Å²) in [5, 5.41) is 0.632. The summed E-state index contributed by atoms with van der Waals surface area (Å²) in [7, 11) is 0. The number of hydrogen-bond donors (Lipinski definition) is 0. The van der Waals surface area contributed by atoms with Crippen molar-refractivity contribution in [1.82, 2.24) is 19.4 Å². The zero-order chi connectivity index (χ0) is 35.9. The fourth-order valence-corrected chi connectivity index (χ4v) is 6.76. The lowest BCUT2D eigenvalue weighted by molar-refractivity contribution is -0.126. The number of rotatable bonds is 23. The molecule has 51 heavy (non-hydrogen) atoms. The summed E-state index contributed by atoms with van der Waals surface area (Å²) in [5.74, 6) is 3.37. The van der Waals surface area contributed by atoms with Crippen LogP contribution in [0.4, 0.5) is 5.69 Å². The molecule has 278 valence electrons. The van der Waals surface area contributed by atoms with Gasteiger partial charge in [0, 0.05) is 37.5 Å². The van der Waals surface area contributed by atoms with Gasteiger partial charge in [-0.2, -0.15) is 0 Å². The van der Waals surface area contributed by atoms with E-state index in [0.29, 0.717) is 84.4 Å². The lowest BCUT2D eigenvalue weighted by atomic mass is 9.74. The van der Waals surface area contributed by atoms with Gasteiger partial charge in [0.25, 0.3) is 0 Å². The molecule has 3 aromatic rings. The van der Waals surface area contributed by atoms with E-state index in [2.05, 4.69) is 20.4 Å². The highest BCUT2D eigenvalue weighted by Crippen LogP contribution is 2.48. The highest BCUT2D eigenvalue weighted by Gasteiger charge is 2.52. The second kappa shape index (κ2) is 20.2. The fourth-order valence-electron chi connectivity index (χ4n) is 6.60. The molecule has 1 amide bonds. The maximum absolute atomic E-state index is 14.4. The number of hydrogen-bond acceptors (Lipinski definition) is 10. The first-order chi connectivity index (χ1) is 24.9. The van der Waals surface area contributed by atoms with Crippen LogP contribution in [0.25, 0.3) is 11.0 Å². The van der Waals surface area contributed by atoms with Gasteiger partial charge < -0.3 is 37.9 Å². The van der Waals surface area contributed by atoms with Gasteiger partial charge in [0.1, 0.15) is 12.4 Å². The second-order valence-corrected chi connectivity index (χ2v) is 13.5. The number of piperidine rings is 1. The average molecular weight is 726 g/mol. The van der Waals surface area contributed by atoms with Crippen molar-refractivity contribution in [2.24, 2.45) is 0 Å². The third kappa shape index (κ3) is 10.7. The van der Waals surface area contributed by atoms with Gasteiger partial charge >= 0.3 is 0 Å². The molecule has 4 heterocycles. The number of pyridine rings is 1. The third-order valence-corrected chi connectivity index (χ3v) is 9.48. The summed E-state index contributed by atoms with van der Waals surface area (Å²) in [6, 6.07) is 7.80. The lowest BCUT2D eigenvalue weighted by Crippen LogP contribution is -2.49. The number of aromatic nitrogens is 3. The highest BCUT2D eigenvalue weighted by atomic mass is 35.5. The number of nitrogens with zero attached hydrogens (tertiary/aromatic N) is 5. The lowest BCUT2D eigenvalue weighted by Gasteiger charge is -2.38. The fraction of sp³-hybridized carbons (Fsp3) is 0.605. The first kappa shape index (κ1) is 39.1. The summed E-state index contributed by atoms with van der Waals surface area (Å²) in [4.78, 5) is 28.0. The van der Waals surface area contributed by atoms with Gasteiger partial charge in [0.2, 0.25) is 5.91 Å². The number of aryl methyl sites for hydroxylation is 1. The van der Waals surface area contributed by atoms with Crippen molar-refractivity contribution in [2.75, 3.05) is 90.8 Å². The van der Waals surface area contributed by atoms with Gasteiger partial charge in [0.15, 0.2) is 0 Å². The van der Waals surface area contributed by atoms with Crippen molar-refractivity contribution in [2.45, 2.75) is 64.1 Å². The highest BCUT2D eigenvalue weighted by molar-refractivity contribution is 6.31. The molecule has 5 rings (SSSR count). The smallest absolute Gasteiger partial charge is 0.238 e. The minimum absolute atomic E-state index is 0.126. The third-order valence-electron chi connectivity index (χ3n) is 9.24. The van der Waals surface area contributed by atoms with E-state index in [9.17, 15) is 4.79 Å². The number of unbranched alkanes of at least 4 members (excludes halogenated alkanes) is 1. The van der Waals surface area contributed by atoms with Crippen molar-refractivity contribution in [3.05, 3.63) is 53.1 Å². The molecule has 13 heteroatoms. The van der Waals surface area contributed by atoms with E-state index in [0.717, 1.165) is 73.4 Å². The van der Waals surface area contributed by atoms with Gasteiger partial charge in [-0.25, -0.2) is 4.98 Å². The number of imidazole rings is 1. The molecule has 0 saturated carbocycles. The van der Waals surface area contributed by atoms with Crippen LogP contribution in [0.2, 0.25) is 5.02 Å². The van der Waals surface area contributed by atoms with Gasteiger partial charge in [-0.1, -0.05) is 17.5 Å². The first-order valence-electron chi connectivity index (χ1n) is 18.0. The minimum Gasteiger partial charge on any atom is -0.379 e. The Balaban J connectivity index is 1.08. The van der Waals surface area contributed by atoms with Gasteiger partial charge in [-0.15, -0.1) is 6.42 Å². The summed E-state index contributed by atoms with van der Waals surface area (Å²) in [6.07, 6.45) is 12.2. The molecule has 1 aromatic carbocycles. The van der Waals surface area contributed by atoms with E-state index >= 15 is 0 Å². The molecule has 0 bridgehead atoms. The molecule has 2 aliphatic rings. The molecule has 1 spiro atoms. The van der Waals surface area contributed by atoms with Crippen LogP contribution in [0.1, 0.15) is 50.9 Å². The summed E-state index contributed by atoms with van der Waals surface area (Å²) >= 11 is 6.37. The molecule has 12 nitrogen and oxygen atoms in total. The Kier molecular flexibility index (Phi) is 15.5. The van der Waals surface area contributed by atoms with Crippen LogP contribution in [0, 0.1) is 12.3 Å². The molecule has 1 fully saturated rings. The van der Waals surface area contributed by atoms with Crippen molar-refractivity contribution in [3.8, 4) is 12.3 Å². The molecular formula is C38H52ClN5O7. The Morgan fingerprint density at radius 1 is 0.922 bits per heavy atom. The number of carbonyl (C=O) groups excluding carboxylic acids is 1. The normalized spacial score (nSPS) is 15.7. The number of terminal acetylenes is 1. The van der Waals surface area contributed by atoms with Crippen LogP contribution >= 0.6 is 11.6 Å². The van der Waals surface area contributed by atoms with Crippen LogP contribution in [-0.2, 0) is 51.7 Å². The zero-order valence-electron chi connectivity index (χ0n) is 30.0. The number of likely N-dealkylation sites (tertiary alicyclic amines) is 1. The molecule has 2 aromatic heterocycles. The topological polar surface area (TPSA) is 110 Å². The zero-order valence-corrected chi connectivity index (χ0v) is 30.8. The number of carbonyl (C=O) groups is 1. The van der Waals surface area contributed by atoms with E-state index < -0.39 is 5.41 Å². The Morgan fingerprint density at radius 3 is 2.25 bits per heavy atom. The summed E-state index contributed by atoms with van der Waals surface area (Å²) in [5.41, 5.74) is 3.20. The monoisotopic (exact) mass is 725 g/mol. The number of benzene rings is 1. The van der Waals surface area contributed by atoms with Crippen LogP contribution in [0.3, 0.4) is 0 Å².